The van der Waals surface area contributed by atoms with Gasteiger partial charge in [0.1, 0.15) is 5.75 Å². The van der Waals surface area contributed by atoms with E-state index in [0.29, 0.717) is 19.4 Å². The van der Waals surface area contributed by atoms with E-state index in [2.05, 4.69) is 21.2 Å². The Morgan fingerprint density at radius 3 is 2.86 bits per heavy atom. The van der Waals surface area contributed by atoms with Crippen LogP contribution in [0.1, 0.15) is 36.2 Å². The molecule has 2 heterocycles. The number of ether oxygens (including phenoxy) is 1. The van der Waals surface area contributed by atoms with Crippen LogP contribution in [0.2, 0.25) is 0 Å². The number of hydrogen-bond acceptors (Lipinski definition) is 6. The quantitative estimate of drug-likeness (QED) is 0.605. The number of hydrogen-bond donors (Lipinski definition) is 4. The first-order valence-electron chi connectivity index (χ1n) is 9.67. The molecule has 1 aliphatic carbocycles. The molecular formula is C21H26N4O3. The first-order valence-corrected chi connectivity index (χ1v) is 9.67. The summed E-state index contributed by atoms with van der Waals surface area (Å²) in [5, 5.41) is 12.9. The third-order valence-electron chi connectivity index (χ3n) is 5.70. The minimum Gasteiger partial charge on any atom is -0.497 e. The van der Waals surface area contributed by atoms with Gasteiger partial charge in [-0.3, -0.25) is 15.2 Å². The molecule has 148 valence electrons. The van der Waals surface area contributed by atoms with Gasteiger partial charge in [-0.2, -0.15) is 0 Å². The number of hydrazine groups is 1. The first kappa shape index (κ1) is 18.9. The Kier molecular flexibility index (Phi) is 5.57. The van der Waals surface area contributed by atoms with E-state index in [1.807, 2.05) is 42.5 Å². The highest BCUT2D eigenvalue weighted by Gasteiger charge is 2.40. The number of aromatic nitrogens is 1. The zero-order chi connectivity index (χ0) is 19.5. The lowest BCUT2D eigenvalue weighted by Gasteiger charge is -2.38. The predicted molar refractivity (Wildman–Crippen MR) is 104 cm³/mol. The number of carbonyl (C=O) groups is 1. The van der Waals surface area contributed by atoms with Crippen LogP contribution in [0.4, 0.5) is 0 Å². The summed E-state index contributed by atoms with van der Waals surface area (Å²) in [4.78, 5) is 17.6. The van der Waals surface area contributed by atoms with E-state index in [4.69, 9.17) is 4.74 Å². The Morgan fingerprint density at radius 2 is 2.14 bits per heavy atom. The van der Waals surface area contributed by atoms with Crippen LogP contribution in [-0.4, -0.2) is 35.8 Å². The van der Waals surface area contributed by atoms with E-state index in [1.165, 1.54) is 0 Å². The van der Waals surface area contributed by atoms with Crippen molar-refractivity contribution in [3.8, 4) is 5.75 Å². The van der Waals surface area contributed by atoms with Crippen LogP contribution >= 0.6 is 0 Å². The highest BCUT2D eigenvalue weighted by molar-refractivity contribution is 5.80. The topological polar surface area (TPSA) is 95.5 Å². The predicted octanol–water partition coefficient (Wildman–Crippen LogP) is 1.48. The maximum atomic E-state index is 13.2. The summed E-state index contributed by atoms with van der Waals surface area (Å²) in [6, 6.07) is 13.1. The highest BCUT2D eigenvalue weighted by atomic mass is 16.5. The molecule has 0 spiro atoms. The SMILES string of the molecule is COc1cccc(C2NNCC2C(=O)NC(c2ccccn2)C2CC(O)C2)c1. The van der Waals surface area contributed by atoms with Gasteiger partial charge in [0.05, 0.1) is 36.9 Å². The zero-order valence-electron chi connectivity index (χ0n) is 15.8. The molecule has 1 saturated carbocycles. The number of nitrogens with zero attached hydrogens (tertiary/aromatic N) is 1. The lowest BCUT2D eigenvalue weighted by Crippen LogP contribution is -2.44. The molecule has 1 amide bonds. The van der Waals surface area contributed by atoms with Crippen molar-refractivity contribution in [2.45, 2.75) is 31.0 Å². The zero-order valence-corrected chi connectivity index (χ0v) is 15.8. The lowest BCUT2D eigenvalue weighted by molar-refractivity contribution is -0.127. The van der Waals surface area contributed by atoms with Gasteiger partial charge in [-0.25, -0.2) is 5.43 Å². The summed E-state index contributed by atoms with van der Waals surface area (Å²) in [6.07, 6.45) is 2.82. The van der Waals surface area contributed by atoms with Gasteiger partial charge in [-0.15, -0.1) is 0 Å². The third kappa shape index (κ3) is 3.87. The van der Waals surface area contributed by atoms with Crippen LogP contribution < -0.4 is 20.9 Å². The highest BCUT2D eigenvalue weighted by Crippen LogP contribution is 2.38. The molecule has 3 atom stereocenters. The van der Waals surface area contributed by atoms with Crippen molar-refractivity contribution in [3.63, 3.8) is 0 Å². The minimum absolute atomic E-state index is 0.0256. The Hall–Kier alpha value is -2.48. The molecule has 1 aromatic carbocycles. The monoisotopic (exact) mass is 382 g/mol. The van der Waals surface area contributed by atoms with Gasteiger partial charge in [0, 0.05) is 12.7 Å². The molecule has 4 N–H and O–H groups in total. The standard InChI is InChI=1S/C21H26N4O3/c1-28-16-6-4-5-13(11-16)19-17(12-23-25-19)21(27)24-20(14-9-15(26)10-14)18-7-2-3-8-22-18/h2-8,11,14-15,17,19-20,23,25-26H,9-10,12H2,1H3,(H,24,27). The van der Waals surface area contributed by atoms with E-state index in [0.717, 1.165) is 17.0 Å². The number of aliphatic hydroxyl groups is 1. The third-order valence-corrected chi connectivity index (χ3v) is 5.70. The smallest absolute Gasteiger partial charge is 0.226 e. The van der Waals surface area contributed by atoms with E-state index in [9.17, 15) is 9.90 Å². The normalized spacial score (nSPS) is 27.6. The number of carbonyl (C=O) groups excluding carboxylic acids is 1. The number of nitrogens with one attached hydrogen (secondary N) is 3. The number of rotatable bonds is 6. The van der Waals surface area contributed by atoms with Crippen LogP contribution in [0.5, 0.6) is 5.75 Å². The molecule has 2 fully saturated rings. The number of methoxy groups -OCH3 is 1. The van der Waals surface area contributed by atoms with E-state index in [1.54, 1.807) is 13.3 Å². The first-order chi connectivity index (χ1) is 13.7. The fourth-order valence-electron chi connectivity index (χ4n) is 4.05. The maximum Gasteiger partial charge on any atom is 0.226 e. The summed E-state index contributed by atoms with van der Waals surface area (Å²) < 4.78 is 5.32. The van der Waals surface area contributed by atoms with Gasteiger partial charge in [-0.05, 0) is 48.6 Å². The summed E-state index contributed by atoms with van der Waals surface area (Å²) >= 11 is 0. The largest absolute Gasteiger partial charge is 0.497 e. The fraction of sp³-hybridized carbons (Fsp3) is 0.429. The molecule has 1 aromatic heterocycles. The van der Waals surface area contributed by atoms with Crippen molar-refractivity contribution >= 4 is 5.91 Å². The second-order valence-corrected chi connectivity index (χ2v) is 7.51. The van der Waals surface area contributed by atoms with Gasteiger partial charge in [0.15, 0.2) is 0 Å². The van der Waals surface area contributed by atoms with E-state index in [-0.39, 0.29) is 35.9 Å². The summed E-state index contributed by atoms with van der Waals surface area (Å²) in [5.74, 6) is 0.678. The minimum atomic E-state index is -0.285. The Labute approximate surface area is 164 Å². The Morgan fingerprint density at radius 1 is 1.29 bits per heavy atom. The van der Waals surface area contributed by atoms with Crippen LogP contribution in [0.15, 0.2) is 48.7 Å². The van der Waals surface area contributed by atoms with E-state index < -0.39 is 0 Å². The Bertz CT molecular complexity index is 810. The number of benzene rings is 1. The van der Waals surface area contributed by atoms with Crippen LogP contribution in [0.25, 0.3) is 0 Å². The van der Waals surface area contributed by atoms with Crippen LogP contribution in [-0.2, 0) is 4.79 Å². The second kappa shape index (κ2) is 8.26. The average Bonchev–Trinajstić information content (AvgIpc) is 3.20. The molecule has 3 unspecified atom stereocenters. The molecular weight excluding hydrogens is 356 g/mol. The molecule has 7 heteroatoms. The van der Waals surface area contributed by atoms with Gasteiger partial charge >= 0.3 is 0 Å². The summed E-state index contributed by atoms with van der Waals surface area (Å²) in [5.41, 5.74) is 8.16. The molecule has 28 heavy (non-hydrogen) atoms. The number of aliphatic hydroxyl groups excluding tert-OH is 1. The summed E-state index contributed by atoms with van der Waals surface area (Å²) in [6.45, 7) is 0.538. The second-order valence-electron chi connectivity index (χ2n) is 7.51. The van der Waals surface area contributed by atoms with Crippen molar-refractivity contribution in [2.75, 3.05) is 13.7 Å². The van der Waals surface area contributed by atoms with Gasteiger partial charge < -0.3 is 15.2 Å². The van der Waals surface area contributed by atoms with Gasteiger partial charge in [-0.1, -0.05) is 18.2 Å². The molecule has 1 saturated heterocycles. The molecule has 4 rings (SSSR count). The van der Waals surface area contributed by atoms with Crippen LogP contribution in [0, 0.1) is 11.8 Å². The molecule has 1 aliphatic heterocycles. The molecule has 7 nitrogen and oxygen atoms in total. The van der Waals surface area contributed by atoms with Gasteiger partial charge in [0.2, 0.25) is 5.91 Å². The average molecular weight is 382 g/mol. The number of amides is 1. The van der Waals surface area contributed by atoms with Crippen molar-refractivity contribution in [1.82, 2.24) is 21.2 Å². The number of pyridine rings is 1. The van der Waals surface area contributed by atoms with Crippen molar-refractivity contribution in [2.24, 2.45) is 11.8 Å². The lowest BCUT2D eigenvalue weighted by atomic mass is 9.76. The van der Waals surface area contributed by atoms with Crippen molar-refractivity contribution in [1.29, 1.82) is 0 Å². The summed E-state index contributed by atoms with van der Waals surface area (Å²) in [7, 11) is 1.63. The Balaban J connectivity index is 1.51. The fourth-order valence-corrected chi connectivity index (χ4v) is 4.05. The molecule has 0 bridgehead atoms. The molecule has 2 aliphatic rings. The van der Waals surface area contributed by atoms with Gasteiger partial charge in [0.25, 0.3) is 0 Å². The molecule has 0 radical (unpaired) electrons. The maximum absolute atomic E-state index is 13.2. The van der Waals surface area contributed by atoms with Crippen molar-refractivity contribution in [3.05, 3.63) is 59.9 Å². The van der Waals surface area contributed by atoms with Crippen molar-refractivity contribution < 1.29 is 14.6 Å². The molecule has 2 aromatic rings. The van der Waals surface area contributed by atoms with Crippen LogP contribution in [0.3, 0.4) is 0 Å². The van der Waals surface area contributed by atoms with E-state index >= 15 is 0 Å².